The van der Waals surface area contributed by atoms with Gasteiger partial charge in [0.25, 0.3) is 0 Å². The Morgan fingerprint density at radius 3 is 2.12 bits per heavy atom. The van der Waals surface area contributed by atoms with Gasteiger partial charge in [0.05, 0.1) is 0 Å². The van der Waals surface area contributed by atoms with E-state index >= 15 is 0 Å². The van der Waals surface area contributed by atoms with E-state index in [1.165, 1.54) is 58.5 Å². The van der Waals surface area contributed by atoms with Crippen molar-refractivity contribution in [3.63, 3.8) is 0 Å². The molecule has 2 fully saturated rings. The maximum atomic E-state index is 2.73. The molecule has 0 aromatic heterocycles. The van der Waals surface area contributed by atoms with Crippen LogP contribution in [0.3, 0.4) is 0 Å². The molecule has 100 valence electrons. The molecule has 2 rings (SSSR count). The van der Waals surface area contributed by atoms with Gasteiger partial charge in [-0.05, 0) is 37.1 Å². The maximum Gasteiger partial charge on any atom is 0.00222 e. The number of fused-ring (bicyclic) bond motifs is 2. The highest BCUT2D eigenvalue weighted by Crippen LogP contribution is 2.29. The van der Waals surface area contributed by atoms with E-state index in [9.17, 15) is 0 Å². The molecule has 2 heteroatoms. The predicted octanol–water partition coefficient (Wildman–Crippen LogP) is 2.70. The van der Waals surface area contributed by atoms with Crippen molar-refractivity contribution in [1.29, 1.82) is 0 Å². The highest BCUT2D eigenvalue weighted by Gasteiger charge is 2.33. The number of unbranched alkanes of at least 4 members (excludes halogenated alkanes) is 1. The van der Waals surface area contributed by atoms with Crippen LogP contribution in [0.2, 0.25) is 0 Å². The van der Waals surface area contributed by atoms with Gasteiger partial charge in [0.1, 0.15) is 0 Å². The number of nitrogens with zero attached hydrogens (tertiary/aromatic N) is 2. The first kappa shape index (κ1) is 13.4. The molecule has 0 aliphatic carbocycles. The number of hydrogen-bond donors (Lipinski definition) is 0. The summed E-state index contributed by atoms with van der Waals surface area (Å²) in [7, 11) is 0. The summed E-state index contributed by atoms with van der Waals surface area (Å²) in [5.41, 5.74) is 0. The summed E-state index contributed by atoms with van der Waals surface area (Å²) in [5.74, 6) is 2.74. The fourth-order valence-corrected chi connectivity index (χ4v) is 3.72. The molecular weight excluding hydrogens is 208 g/mol. The van der Waals surface area contributed by atoms with Crippen molar-refractivity contribution in [1.82, 2.24) is 9.80 Å². The van der Waals surface area contributed by atoms with Crippen LogP contribution in [0.5, 0.6) is 0 Å². The molecule has 0 radical (unpaired) electrons. The van der Waals surface area contributed by atoms with Crippen molar-refractivity contribution in [3.05, 3.63) is 0 Å². The van der Waals surface area contributed by atoms with Crippen molar-refractivity contribution >= 4 is 0 Å². The Bertz CT molecular complexity index is 213. The summed E-state index contributed by atoms with van der Waals surface area (Å²) in [6.07, 6.45) is 4.22. The molecule has 2 nitrogen and oxygen atoms in total. The Morgan fingerprint density at radius 1 is 1.00 bits per heavy atom. The Hall–Kier alpha value is -0.0800. The third-order valence-corrected chi connectivity index (χ3v) is 4.18. The lowest BCUT2D eigenvalue weighted by molar-refractivity contribution is 0.0260. The van der Waals surface area contributed by atoms with Crippen LogP contribution in [0.15, 0.2) is 0 Å². The van der Waals surface area contributed by atoms with E-state index in [0.29, 0.717) is 0 Å². The minimum Gasteiger partial charge on any atom is -0.303 e. The second-order valence-corrected chi connectivity index (χ2v) is 6.69. The summed E-state index contributed by atoms with van der Waals surface area (Å²) in [4.78, 5) is 5.45. The monoisotopic (exact) mass is 238 g/mol. The second-order valence-electron chi connectivity index (χ2n) is 6.69. The largest absolute Gasteiger partial charge is 0.303 e. The Morgan fingerprint density at radius 2 is 1.59 bits per heavy atom. The Labute approximate surface area is 107 Å². The van der Waals surface area contributed by atoms with Crippen LogP contribution < -0.4 is 0 Å². The van der Waals surface area contributed by atoms with E-state index in [-0.39, 0.29) is 0 Å². The summed E-state index contributed by atoms with van der Waals surface area (Å²) in [5, 5.41) is 0. The van der Waals surface area contributed by atoms with E-state index in [1.807, 2.05) is 0 Å². The molecule has 2 aliphatic rings. The first-order valence-corrected chi connectivity index (χ1v) is 7.62. The lowest BCUT2D eigenvalue weighted by Crippen LogP contribution is -2.53. The summed E-state index contributed by atoms with van der Waals surface area (Å²) < 4.78 is 0. The van der Waals surface area contributed by atoms with Crippen molar-refractivity contribution in [2.24, 2.45) is 17.8 Å². The van der Waals surface area contributed by atoms with Crippen LogP contribution in [0.25, 0.3) is 0 Å². The number of likely N-dealkylation sites (tertiary alicyclic amines) is 2. The van der Waals surface area contributed by atoms with Gasteiger partial charge < -0.3 is 9.80 Å². The van der Waals surface area contributed by atoms with Gasteiger partial charge in [-0.3, -0.25) is 0 Å². The van der Waals surface area contributed by atoms with E-state index < -0.39 is 0 Å². The van der Waals surface area contributed by atoms with Gasteiger partial charge in [-0.15, -0.1) is 0 Å². The minimum absolute atomic E-state index is 0.824. The highest BCUT2D eigenvalue weighted by atomic mass is 15.2. The molecule has 0 spiro atoms. The zero-order valence-electron chi connectivity index (χ0n) is 12.0. The Kier molecular flexibility index (Phi) is 4.87. The van der Waals surface area contributed by atoms with E-state index in [0.717, 1.165) is 17.8 Å². The topological polar surface area (TPSA) is 6.48 Å². The van der Waals surface area contributed by atoms with Gasteiger partial charge in [-0.1, -0.05) is 27.2 Å². The van der Waals surface area contributed by atoms with Crippen LogP contribution >= 0.6 is 0 Å². The van der Waals surface area contributed by atoms with Crippen molar-refractivity contribution in [2.45, 2.75) is 40.0 Å². The molecule has 2 unspecified atom stereocenters. The molecule has 0 saturated carbocycles. The highest BCUT2D eigenvalue weighted by molar-refractivity contribution is 4.87. The van der Waals surface area contributed by atoms with Crippen molar-refractivity contribution in [2.75, 3.05) is 39.3 Å². The normalized spacial score (nSPS) is 31.1. The van der Waals surface area contributed by atoms with Crippen LogP contribution in [-0.2, 0) is 0 Å². The first-order valence-electron chi connectivity index (χ1n) is 7.62. The molecule has 2 aliphatic heterocycles. The zero-order chi connectivity index (χ0) is 12.3. The number of piperidine rings is 2. The van der Waals surface area contributed by atoms with E-state index in [1.54, 1.807) is 0 Å². The number of hydrogen-bond acceptors (Lipinski definition) is 2. The van der Waals surface area contributed by atoms with Gasteiger partial charge in [-0.25, -0.2) is 0 Å². The smallest absolute Gasteiger partial charge is 0.00222 e. The number of rotatable bonds is 5. The molecule has 17 heavy (non-hydrogen) atoms. The third-order valence-electron chi connectivity index (χ3n) is 4.18. The van der Waals surface area contributed by atoms with Gasteiger partial charge >= 0.3 is 0 Å². The molecule has 0 amide bonds. The van der Waals surface area contributed by atoms with Gasteiger partial charge in [0, 0.05) is 32.7 Å². The van der Waals surface area contributed by atoms with Gasteiger partial charge in [0.15, 0.2) is 0 Å². The zero-order valence-corrected chi connectivity index (χ0v) is 12.0. The standard InChI is InChI=1S/C15H30N2/c1-4-5-6-16-9-14-7-15(10-16)12-17(11-14)8-13(2)3/h13-15H,4-12H2,1-3H3. The van der Waals surface area contributed by atoms with Crippen LogP contribution in [0.1, 0.15) is 40.0 Å². The molecule has 2 heterocycles. The lowest BCUT2D eigenvalue weighted by Gasteiger charge is -2.46. The Balaban J connectivity index is 1.80. The fraction of sp³-hybridized carbons (Fsp3) is 1.00. The van der Waals surface area contributed by atoms with Crippen LogP contribution in [-0.4, -0.2) is 49.1 Å². The molecule has 2 saturated heterocycles. The quantitative estimate of drug-likeness (QED) is 0.726. The average Bonchev–Trinajstić information content (AvgIpc) is 2.24. The van der Waals surface area contributed by atoms with Crippen LogP contribution in [0.4, 0.5) is 0 Å². The van der Waals surface area contributed by atoms with Crippen molar-refractivity contribution in [3.8, 4) is 0 Å². The average molecular weight is 238 g/mol. The SMILES string of the molecule is CCCCN1CC2CC(C1)CN(CC(C)C)C2. The van der Waals surface area contributed by atoms with E-state index in [4.69, 9.17) is 0 Å². The molecule has 2 bridgehead atoms. The summed E-state index contributed by atoms with van der Waals surface area (Å²) >= 11 is 0. The summed E-state index contributed by atoms with van der Waals surface area (Å²) in [6, 6.07) is 0. The van der Waals surface area contributed by atoms with Crippen LogP contribution in [0, 0.1) is 17.8 Å². The predicted molar refractivity (Wildman–Crippen MR) is 74.2 cm³/mol. The molecular formula is C15H30N2. The van der Waals surface area contributed by atoms with Gasteiger partial charge in [-0.2, -0.15) is 0 Å². The molecule has 0 N–H and O–H groups in total. The molecule has 0 aromatic rings. The molecule has 2 atom stereocenters. The van der Waals surface area contributed by atoms with Crippen molar-refractivity contribution < 1.29 is 0 Å². The molecule has 0 aromatic carbocycles. The summed E-state index contributed by atoms with van der Waals surface area (Å²) in [6.45, 7) is 15.1. The second kappa shape index (κ2) is 6.19. The third kappa shape index (κ3) is 3.96. The minimum atomic E-state index is 0.824. The lowest BCUT2D eigenvalue weighted by atomic mass is 9.84. The fourth-order valence-electron chi connectivity index (χ4n) is 3.72. The van der Waals surface area contributed by atoms with E-state index in [2.05, 4.69) is 30.6 Å². The van der Waals surface area contributed by atoms with Gasteiger partial charge in [0.2, 0.25) is 0 Å². The first-order chi connectivity index (χ1) is 8.17. The maximum absolute atomic E-state index is 2.73.